The molecule has 1 aliphatic rings. The fraction of sp³-hybridized carbons (Fsp3) is 0.462. The molecule has 0 saturated carbocycles. The minimum atomic E-state index is -0.490. The summed E-state index contributed by atoms with van der Waals surface area (Å²) in [4.78, 5) is 13.6. The Morgan fingerprint density at radius 2 is 2.39 bits per heavy atom. The summed E-state index contributed by atoms with van der Waals surface area (Å²) in [7, 11) is 0. The minimum absolute atomic E-state index is 0.184. The second kappa shape index (κ2) is 5.67. The topological polar surface area (TPSA) is 29.5 Å². The molecule has 0 aromatic heterocycles. The van der Waals surface area contributed by atoms with Crippen LogP contribution in [0.1, 0.15) is 19.8 Å². The Labute approximate surface area is 110 Å². The van der Waals surface area contributed by atoms with E-state index in [0.717, 1.165) is 6.42 Å². The molecule has 0 unspecified atom stereocenters. The SMILES string of the molecule is CCN(C(=O)[C@@H]1CCCO1)c1ccc(Cl)cc1F. The number of likely N-dealkylation sites (N-methyl/N-ethyl adjacent to an activating group) is 1. The molecule has 1 heterocycles. The highest BCUT2D eigenvalue weighted by Crippen LogP contribution is 2.25. The smallest absolute Gasteiger partial charge is 0.256 e. The standard InChI is InChI=1S/C13H15ClFNO2/c1-2-16(13(17)12-4-3-7-18-12)11-6-5-9(14)8-10(11)15/h5-6,8,12H,2-4,7H2,1H3/t12-/m0/s1. The van der Waals surface area contributed by atoms with Crippen molar-refractivity contribution in [3.8, 4) is 0 Å². The van der Waals surface area contributed by atoms with Gasteiger partial charge in [-0.3, -0.25) is 4.79 Å². The minimum Gasteiger partial charge on any atom is -0.368 e. The van der Waals surface area contributed by atoms with Gasteiger partial charge in [0.25, 0.3) is 5.91 Å². The molecular formula is C13H15ClFNO2. The van der Waals surface area contributed by atoms with E-state index in [2.05, 4.69) is 0 Å². The quantitative estimate of drug-likeness (QED) is 0.846. The molecule has 0 radical (unpaired) electrons. The largest absolute Gasteiger partial charge is 0.368 e. The summed E-state index contributed by atoms with van der Waals surface area (Å²) in [6, 6.07) is 4.31. The highest BCUT2D eigenvalue weighted by molar-refractivity contribution is 6.30. The number of amides is 1. The molecule has 2 rings (SSSR count). The lowest BCUT2D eigenvalue weighted by molar-refractivity contribution is -0.127. The van der Waals surface area contributed by atoms with Gasteiger partial charge in [0.05, 0.1) is 5.69 Å². The fourth-order valence-electron chi connectivity index (χ4n) is 2.09. The maximum atomic E-state index is 13.8. The van der Waals surface area contributed by atoms with Gasteiger partial charge in [-0.1, -0.05) is 11.6 Å². The van der Waals surface area contributed by atoms with Crippen molar-refractivity contribution in [1.29, 1.82) is 0 Å². The third kappa shape index (κ3) is 2.65. The molecule has 0 aliphatic carbocycles. The van der Waals surface area contributed by atoms with E-state index in [1.807, 2.05) is 0 Å². The fourth-order valence-corrected chi connectivity index (χ4v) is 2.25. The predicted molar refractivity (Wildman–Crippen MR) is 68.4 cm³/mol. The van der Waals surface area contributed by atoms with E-state index in [-0.39, 0.29) is 11.6 Å². The van der Waals surface area contributed by atoms with Crippen LogP contribution in [0.4, 0.5) is 10.1 Å². The van der Waals surface area contributed by atoms with Crippen LogP contribution >= 0.6 is 11.6 Å². The molecule has 98 valence electrons. The lowest BCUT2D eigenvalue weighted by Crippen LogP contribution is -2.39. The van der Waals surface area contributed by atoms with Crippen molar-refractivity contribution in [3.63, 3.8) is 0 Å². The molecule has 18 heavy (non-hydrogen) atoms. The highest BCUT2D eigenvalue weighted by Gasteiger charge is 2.29. The summed E-state index contributed by atoms with van der Waals surface area (Å²) in [5.74, 6) is -0.674. The maximum absolute atomic E-state index is 13.8. The van der Waals surface area contributed by atoms with Crippen LogP contribution in [-0.4, -0.2) is 25.2 Å². The second-order valence-corrected chi connectivity index (χ2v) is 4.62. The molecule has 1 aromatic carbocycles. The van der Waals surface area contributed by atoms with Gasteiger partial charge in [0, 0.05) is 18.2 Å². The molecule has 3 nitrogen and oxygen atoms in total. The third-order valence-electron chi connectivity index (χ3n) is 2.99. The Bertz CT molecular complexity index is 447. The molecule has 1 aromatic rings. The second-order valence-electron chi connectivity index (χ2n) is 4.18. The van der Waals surface area contributed by atoms with E-state index in [0.29, 0.717) is 24.6 Å². The molecule has 0 spiro atoms. The van der Waals surface area contributed by atoms with Crippen molar-refractivity contribution >= 4 is 23.2 Å². The Hall–Kier alpha value is -1.13. The third-order valence-corrected chi connectivity index (χ3v) is 3.22. The van der Waals surface area contributed by atoms with E-state index in [4.69, 9.17) is 16.3 Å². The number of hydrogen-bond donors (Lipinski definition) is 0. The monoisotopic (exact) mass is 271 g/mol. The molecule has 5 heteroatoms. The summed E-state index contributed by atoms with van der Waals surface area (Å²) in [6.07, 6.45) is 1.13. The molecule has 0 bridgehead atoms. The number of carbonyl (C=O) groups excluding carboxylic acids is 1. The first-order valence-corrected chi connectivity index (χ1v) is 6.39. The van der Waals surface area contributed by atoms with Gasteiger partial charge in [-0.15, -0.1) is 0 Å². The zero-order valence-electron chi connectivity index (χ0n) is 10.2. The number of rotatable bonds is 3. The summed E-state index contributed by atoms with van der Waals surface area (Å²) in [6.45, 7) is 2.80. The van der Waals surface area contributed by atoms with Gasteiger partial charge in [-0.25, -0.2) is 4.39 Å². The van der Waals surface area contributed by atoms with Crippen LogP contribution in [0.2, 0.25) is 5.02 Å². The lowest BCUT2D eigenvalue weighted by Gasteiger charge is -2.24. The average molecular weight is 272 g/mol. The molecule has 1 saturated heterocycles. The number of benzene rings is 1. The molecule has 0 N–H and O–H groups in total. The Morgan fingerprint density at radius 3 is 2.94 bits per heavy atom. The van der Waals surface area contributed by atoms with E-state index < -0.39 is 11.9 Å². The highest BCUT2D eigenvalue weighted by atomic mass is 35.5. The van der Waals surface area contributed by atoms with E-state index >= 15 is 0 Å². The number of halogens is 2. The molecule has 1 atom stereocenters. The van der Waals surface area contributed by atoms with Gasteiger partial charge in [0.1, 0.15) is 11.9 Å². The molecule has 1 fully saturated rings. The Kier molecular flexibility index (Phi) is 4.19. The van der Waals surface area contributed by atoms with E-state index in [9.17, 15) is 9.18 Å². The molecule has 1 amide bonds. The van der Waals surface area contributed by atoms with Crippen LogP contribution in [0.25, 0.3) is 0 Å². The van der Waals surface area contributed by atoms with Gasteiger partial charge < -0.3 is 9.64 Å². The number of nitrogens with zero attached hydrogens (tertiary/aromatic N) is 1. The van der Waals surface area contributed by atoms with Gasteiger partial charge in [-0.05, 0) is 38.0 Å². The van der Waals surface area contributed by atoms with Gasteiger partial charge in [0.15, 0.2) is 0 Å². The number of anilines is 1. The van der Waals surface area contributed by atoms with Crippen LogP contribution < -0.4 is 4.90 Å². The predicted octanol–water partition coefficient (Wildman–Crippen LogP) is 3.01. The normalized spacial score (nSPS) is 18.9. The Morgan fingerprint density at radius 1 is 1.61 bits per heavy atom. The summed E-state index contributed by atoms with van der Waals surface area (Å²) in [5, 5.41) is 0.317. The first kappa shape index (κ1) is 13.3. The molecule has 1 aliphatic heterocycles. The van der Waals surface area contributed by atoms with Crippen molar-refractivity contribution in [3.05, 3.63) is 29.0 Å². The number of carbonyl (C=O) groups is 1. The van der Waals surface area contributed by atoms with Crippen LogP contribution in [0.15, 0.2) is 18.2 Å². The zero-order valence-corrected chi connectivity index (χ0v) is 10.9. The summed E-state index contributed by atoms with van der Waals surface area (Å²) in [5.41, 5.74) is 0.252. The Balaban J connectivity index is 2.24. The van der Waals surface area contributed by atoms with Crippen molar-refractivity contribution in [1.82, 2.24) is 0 Å². The van der Waals surface area contributed by atoms with Gasteiger partial charge in [-0.2, -0.15) is 0 Å². The zero-order chi connectivity index (χ0) is 13.1. The van der Waals surface area contributed by atoms with Crippen molar-refractivity contribution in [2.24, 2.45) is 0 Å². The molecular weight excluding hydrogens is 257 g/mol. The van der Waals surface area contributed by atoms with Crippen molar-refractivity contribution in [2.45, 2.75) is 25.9 Å². The lowest BCUT2D eigenvalue weighted by atomic mass is 10.2. The first-order chi connectivity index (χ1) is 8.63. The van der Waals surface area contributed by atoms with Gasteiger partial charge >= 0.3 is 0 Å². The number of hydrogen-bond acceptors (Lipinski definition) is 2. The number of ether oxygens (including phenoxy) is 1. The van der Waals surface area contributed by atoms with Crippen LogP contribution in [0.3, 0.4) is 0 Å². The summed E-state index contributed by atoms with van der Waals surface area (Å²) >= 11 is 5.70. The van der Waals surface area contributed by atoms with Crippen LogP contribution in [0, 0.1) is 5.82 Å². The summed E-state index contributed by atoms with van der Waals surface area (Å²) < 4.78 is 19.2. The van der Waals surface area contributed by atoms with Crippen molar-refractivity contribution < 1.29 is 13.9 Å². The average Bonchev–Trinajstić information content (AvgIpc) is 2.86. The van der Waals surface area contributed by atoms with Gasteiger partial charge in [0.2, 0.25) is 0 Å². The van der Waals surface area contributed by atoms with Crippen molar-refractivity contribution in [2.75, 3.05) is 18.1 Å². The van der Waals surface area contributed by atoms with Crippen LogP contribution in [-0.2, 0) is 9.53 Å². The van der Waals surface area contributed by atoms with Crippen LogP contribution in [0.5, 0.6) is 0 Å². The van der Waals surface area contributed by atoms with E-state index in [1.54, 1.807) is 13.0 Å². The van der Waals surface area contributed by atoms with E-state index in [1.165, 1.54) is 17.0 Å². The maximum Gasteiger partial charge on any atom is 0.256 e. The first-order valence-electron chi connectivity index (χ1n) is 6.01.